The highest BCUT2D eigenvalue weighted by Gasteiger charge is 2.23. The molecule has 0 atom stereocenters. The molecule has 1 heterocycles. The first-order valence-corrected chi connectivity index (χ1v) is 9.39. The molecule has 3 rings (SSSR count). The number of halogens is 3. The van der Waals surface area contributed by atoms with E-state index in [1.807, 2.05) is 0 Å². The van der Waals surface area contributed by atoms with Crippen LogP contribution in [0, 0.1) is 11.6 Å². The molecule has 0 aromatic heterocycles. The smallest absolute Gasteiger partial charge is 0.260 e. The molecule has 0 N–H and O–H groups in total. The van der Waals surface area contributed by atoms with Crippen LogP contribution in [-0.4, -0.2) is 54.4 Å². The Bertz CT molecular complexity index is 890. The van der Waals surface area contributed by atoms with E-state index in [0.717, 1.165) is 24.3 Å². The number of nitrogens with zero attached hydrogens (tertiary/aromatic N) is 2. The molecule has 0 aliphatic carbocycles. The van der Waals surface area contributed by atoms with Crippen molar-refractivity contribution in [2.24, 2.45) is 0 Å². The van der Waals surface area contributed by atoms with Gasteiger partial charge in [-0.25, -0.2) is 8.78 Å². The average molecular weight is 421 g/mol. The van der Waals surface area contributed by atoms with Crippen LogP contribution in [-0.2, 0) is 9.59 Å². The minimum atomic E-state index is -0.731. The molecule has 152 valence electrons. The molecule has 2 aromatic rings. The molecule has 0 unspecified atom stereocenters. The van der Waals surface area contributed by atoms with Crippen molar-refractivity contribution in [1.29, 1.82) is 0 Å². The van der Waals surface area contributed by atoms with Crippen LogP contribution in [0.5, 0.6) is 5.75 Å². The second-order valence-corrected chi connectivity index (χ2v) is 6.85. The molecule has 2 amide bonds. The number of amides is 2. The van der Waals surface area contributed by atoms with E-state index < -0.39 is 11.6 Å². The maximum absolute atomic E-state index is 13.6. The van der Waals surface area contributed by atoms with Crippen LogP contribution >= 0.6 is 11.6 Å². The SMILES string of the molecule is O=C(/C=C/c1c(F)cccc1F)N1CCN(C(=O)COc2ccc(Cl)cc2)CC1. The fraction of sp³-hybridized carbons (Fsp3) is 0.238. The van der Waals surface area contributed by atoms with E-state index in [9.17, 15) is 18.4 Å². The number of carbonyl (C=O) groups is 2. The molecule has 0 radical (unpaired) electrons. The van der Waals surface area contributed by atoms with Gasteiger partial charge in [-0.3, -0.25) is 9.59 Å². The fourth-order valence-electron chi connectivity index (χ4n) is 2.87. The number of rotatable bonds is 5. The zero-order valence-corrected chi connectivity index (χ0v) is 16.2. The van der Waals surface area contributed by atoms with Gasteiger partial charge in [0.1, 0.15) is 17.4 Å². The second kappa shape index (κ2) is 9.52. The summed E-state index contributed by atoms with van der Waals surface area (Å²) in [6, 6.07) is 10.2. The average Bonchev–Trinajstić information content (AvgIpc) is 2.72. The Hall–Kier alpha value is -2.93. The highest BCUT2D eigenvalue weighted by Crippen LogP contribution is 2.16. The van der Waals surface area contributed by atoms with Gasteiger partial charge in [0.2, 0.25) is 5.91 Å². The van der Waals surface area contributed by atoms with Gasteiger partial charge in [-0.05, 0) is 42.5 Å². The Kier molecular flexibility index (Phi) is 6.82. The monoisotopic (exact) mass is 420 g/mol. The maximum atomic E-state index is 13.6. The molecule has 29 heavy (non-hydrogen) atoms. The lowest BCUT2D eigenvalue weighted by Crippen LogP contribution is -2.51. The van der Waals surface area contributed by atoms with Crippen LogP contribution in [0.25, 0.3) is 6.08 Å². The Labute approximate surface area is 172 Å². The van der Waals surface area contributed by atoms with Gasteiger partial charge in [0, 0.05) is 42.8 Å². The second-order valence-electron chi connectivity index (χ2n) is 6.42. The van der Waals surface area contributed by atoms with Crippen molar-refractivity contribution in [2.45, 2.75) is 0 Å². The van der Waals surface area contributed by atoms with E-state index >= 15 is 0 Å². The summed E-state index contributed by atoms with van der Waals surface area (Å²) in [4.78, 5) is 27.7. The molecule has 1 saturated heterocycles. The van der Waals surface area contributed by atoms with Crippen molar-refractivity contribution in [3.8, 4) is 5.75 Å². The van der Waals surface area contributed by atoms with Crippen molar-refractivity contribution in [1.82, 2.24) is 9.80 Å². The zero-order chi connectivity index (χ0) is 20.8. The van der Waals surface area contributed by atoms with E-state index in [4.69, 9.17) is 16.3 Å². The molecule has 8 heteroatoms. The molecule has 1 aliphatic rings. The van der Waals surface area contributed by atoms with E-state index in [-0.39, 0.29) is 24.0 Å². The summed E-state index contributed by atoms with van der Waals surface area (Å²) in [5, 5.41) is 0.580. The minimum Gasteiger partial charge on any atom is -0.484 e. The van der Waals surface area contributed by atoms with E-state index in [1.165, 1.54) is 11.0 Å². The van der Waals surface area contributed by atoms with Crippen LogP contribution in [0.2, 0.25) is 5.02 Å². The Morgan fingerprint density at radius 1 is 0.966 bits per heavy atom. The van der Waals surface area contributed by atoms with Gasteiger partial charge >= 0.3 is 0 Å². The molecule has 1 fully saturated rings. The summed E-state index contributed by atoms with van der Waals surface area (Å²) < 4.78 is 32.7. The molecule has 2 aromatic carbocycles. The Balaban J connectivity index is 1.48. The molecule has 0 saturated carbocycles. The number of carbonyl (C=O) groups excluding carboxylic acids is 2. The van der Waals surface area contributed by atoms with Crippen LogP contribution in [0.4, 0.5) is 8.78 Å². The zero-order valence-electron chi connectivity index (χ0n) is 15.5. The summed E-state index contributed by atoms with van der Waals surface area (Å²) >= 11 is 5.80. The lowest BCUT2D eigenvalue weighted by Gasteiger charge is -2.34. The molecule has 0 bridgehead atoms. The van der Waals surface area contributed by atoms with Gasteiger partial charge in [-0.2, -0.15) is 0 Å². The maximum Gasteiger partial charge on any atom is 0.260 e. The normalized spacial score (nSPS) is 14.3. The fourth-order valence-corrected chi connectivity index (χ4v) is 3.00. The van der Waals surface area contributed by atoms with E-state index in [1.54, 1.807) is 29.2 Å². The summed E-state index contributed by atoms with van der Waals surface area (Å²) in [7, 11) is 0. The third-order valence-corrected chi connectivity index (χ3v) is 4.76. The molecule has 0 spiro atoms. The van der Waals surface area contributed by atoms with Gasteiger partial charge in [0.15, 0.2) is 6.61 Å². The number of benzene rings is 2. The third-order valence-electron chi connectivity index (χ3n) is 4.51. The third kappa shape index (κ3) is 5.54. The van der Waals surface area contributed by atoms with Crippen molar-refractivity contribution in [2.75, 3.05) is 32.8 Å². The quantitative estimate of drug-likeness (QED) is 0.697. The summed E-state index contributed by atoms with van der Waals surface area (Å²) in [6.45, 7) is 1.26. The largest absolute Gasteiger partial charge is 0.484 e. The van der Waals surface area contributed by atoms with Crippen molar-refractivity contribution in [3.63, 3.8) is 0 Å². The van der Waals surface area contributed by atoms with Gasteiger partial charge < -0.3 is 14.5 Å². The van der Waals surface area contributed by atoms with Crippen LogP contribution in [0.3, 0.4) is 0 Å². The lowest BCUT2D eigenvalue weighted by molar-refractivity contribution is -0.138. The van der Waals surface area contributed by atoms with Crippen LogP contribution in [0.1, 0.15) is 5.56 Å². The molecular formula is C21H19ClF2N2O3. The predicted octanol–water partition coefficient (Wildman–Crippen LogP) is 3.38. The standard InChI is InChI=1S/C21H19ClF2N2O3/c22-15-4-6-16(7-5-15)29-14-21(28)26-12-10-25(11-13-26)20(27)9-8-17-18(23)2-1-3-19(17)24/h1-9H,10-14H2/b9-8+. The first-order chi connectivity index (χ1) is 13.9. The Morgan fingerprint density at radius 2 is 1.55 bits per heavy atom. The number of hydrogen-bond donors (Lipinski definition) is 0. The van der Waals surface area contributed by atoms with Gasteiger partial charge in [0.05, 0.1) is 0 Å². The highest BCUT2D eigenvalue weighted by molar-refractivity contribution is 6.30. The first kappa shape index (κ1) is 20.8. The molecule has 1 aliphatic heterocycles. The number of hydrogen-bond acceptors (Lipinski definition) is 3. The number of piperazine rings is 1. The molecular weight excluding hydrogens is 402 g/mol. The van der Waals surface area contributed by atoms with Crippen molar-refractivity contribution in [3.05, 3.63) is 70.8 Å². The molecule has 5 nitrogen and oxygen atoms in total. The van der Waals surface area contributed by atoms with Crippen molar-refractivity contribution < 1.29 is 23.1 Å². The summed E-state index contributed by atoms with van der Waals surface area (Å²) in [5.41, 5.74) is -0.256. The van der Waals surface area contributed by atoms with E-state index in [0.29, 0.717) is 37.0 Å². The number of ether oxygens (including phenoxy) is 1. The van der Waals surface area contributed by atoms with Gasteiger partial charge in [-0.1, -0.05) is 17.7 Å². The first-order valence-electron chi connectivity index (χ1n) is 9.01. The van der Waals surface area contributed by atoms with E-state index in [2.05, 4.69) is 0 Å². The lowest BCUT2D eigenvalue weighted by atomic mass is 10.2. The predicted molar refractivity (Wildman–Crippen MR) is 105 cm³/mol. The summed E-state index contributed by atoms with van der Waals surface area (Å²) in [6.07, 6.45) is 2.27. The summed E-state index contributed by atoms with van der Waals surface area (Å²) in [5.74, 6) is -1.47. The van der Waals surface area contributed by atoms with Crippen LogP contribution < -0.4 is 4.74 Å². The van der Waals surface area contributed by atoms with Gasteiger partial charge in [-0.15, -0.1) is 0 Å². The Morgan fingerprint density at radius 3 is 2.17 bits per heavy atom. The van der Waals surface area contributed by atoms with Crippen LogP contribution in [0.15, 0.2) is 48.5 Å². The topological polar surface area (TPSA) is 49.9 Å². The highest BCUT2D eigenvalue weighted by atomic mass is 35.5. The van der Waals surface area contributed by atoms with Gasteiger partial charge in [0.25, 0.3) is 5.91 Å². The minimum absolute atomic E-state index is 0.109. The van der Waals surface area contributed by atoms with Crippen molar-refractivity contribution >= 4 is 29.5 Å².